The molecule has 2 unspecified atom stereocenters. The van der Waals surface area contributed by atoms with E-state index >= 15 is 0 Å². The fourth-order valence-corrected chi connectivity index (χ4v) is 3.56. The third-order valence-electron chi connectivity index (χ3n) is 4.87. The van der Waals surface area contributed by atoms with Gasteiger partial charge in [0.2, 0.25) is 11.7 Å². The summed E-state index contributed by atoms with van der Waals surface area (Å²) in [4.78, 5) is 14.3. The predicted octanol–water partition coefficient (Wildman–Crippen LogP) is 3.73. The van der Waals surface area contributed by atoms with Gasteiger partial charge in [0, 0.05) is 22.6 Å². The summed E-state index contributed by atoms with van der Waals surface area (Å²) in [6.07, 6.45) is 5.05. The molecule has 0 spiro atoms. The summed E-state index contributed by atoms with van der Waals surface area (Å²) in [6, 6.07) is 8.58. The number of tetrazole rings is 1. The second-order valence-corrected chi connectivity index (χ2v) is 7.05. The number of amides is 1. The second kappa shape index (κ2) is 7.52. The summed E-state index contributed by atoms with van der Waals surface area (Å²) in [7, 11) is 0. The van der Waals surface area contributed by atoms with Crippen LogP contribution in [0.4, 0.5) is 0 Å². The zero-order chi connectivity index (χ0) is 18.8. The number of fused-ring (bicyclic) bond motifs is 1. The zero-order valence-electron chi connectivity index (χ0n) is 14.9. The van der Waals surface area contributed by atoms with Crippen molar-refractivity contribution in [3.8, 4) is 11.4 Å². The normalized spacial score (nSPS) is 17.3. The highest BCUT2D eigenvalue weighted by atomic mass is 35.5. The van der Waals surface area contributed by atoms with Crippen LogP contribution >= 0.6 is 11.6 Å². The number of nitrogens with zero attached hydrogens (tertiary/aromatic N) is 4. The average Bonchev–Trinajstić information content (AvgIpc) is 3.33. The van der Waals surface area contributed by atoms with Gasteiger partial charge in [-0.2, -0.15) is 4.80 Å². The quantitative estimate of drug-likeness (QED) is 0.723. The van der Waals surface area contributed by atoms with Crippen LogP contribution in [0.5, 0.6) is 0 Å². The third kappa shape index (κ3) is 3.60. The molecule has 0 bridgehead atoms. The van der Waals surface area contributed by atoms with E-state index in [-0.39, 0.29) is 11.9 Å². The standard InChI is InChI=1S/C19H20ClN5O2/c1-2-16(19(26)21-15-4-3-5-17-14(15)10-11-27-17)25-23-18(22-24-25)12-6-8-13(20)9-7-12/h6-11,15-16H,2-5H2,1H3,(H,21,26). The van der Waals surface area contributed by atoms with E-state index in [0.717, 1.165) is 36.1 Å². The maximum absolute atomic E-state index is 12.9. The SMILES string of the molecule is CCC(C(=O)NC1CCCc2occc21)n1nnc(-c2ccc(Cl)cc2)n1. The molecule has 1 N–H and O–H groups in total. The van der Waals surface area contributed by atoms with E-state index < -0.39 is 6.04 Å². The number of hydrogen-bond acceptors (Lipinski definition) is 5. The molecule has 140 valence electrons. The van der Waals surface area contributed by atoms with Crippen LogP contribution in [0.3, 0.4) is 0 Å². The largest absolute Gasteiger partial charge is 0.469 e. The van der Waals surface area contributed by atoms with E-state index in [4.69, 9.17) is 16.0 Å². The lowest BCUT2D eigenvalue weighted by Crippen LogP contribution is -2.37. The van der Waals surface area contributed by atoms with Gasteiger partial charge in [0.1, 0.15) is 5.76 Å². The molecule has 0 saturated carbocycles. The monoisotopic (exact) mass is 385 g/mol. The lowest BCUT2D eigenvalue weighted by atomic mass is 9.93. The summed E-state index contributed by atoms with van der Waals surface area (Å²) in [5.41, 5.74) is 1.87. The van der Waals surface area contributed by atoms with Crippen LogP contribution in [0, 0.1) is 0 Å². The van der Waals surface area contributed by atoms with E-state index in [1.54, 1.807) is 18.4 Å². The molecule has 2 atom stereocenters. The number of hydrogen-bond donors (Lipinski definition) is 1. The van der Waals surface area contributed by atoms with Crippen LogP contribution in [0.25, 0.3) is 11.4 Å². The molecular weight excluding hydrogens is 366 g/mol. The zero-order valence-corrected chi connectivity index (χ0v) is 15.7. The molecule has 1 amide bonds. The van der Waals surface area contributed by atoms with E-state index in [0.29, 0.717) is 17.3 Å². The number of carbonyl (C=O) groups excluding carboxylic acids is 1. The third-order valence-corrected chi connectivity index (χ3v) is 5.12. The molecule has 0 radical (unpaired) electrons. The number of aryl methyl sites for hydroxylation is 1. The van der Waals surface area contributed by atoms with Gasteiger partial charge in [-0.25, -0.2) is 0 Å². The number of halogens is 1. The van der Waals surface area contributed by atoms with Gasteiger partial charge in [0.15, 0.2) is 6.04 Å². The Kier molecular flexibility index (Phi) is 4.94. The topological polar surface area (TPSA) is 85.8 Å². The van der Waals surface area contributed by atoms with Crippen molar-refractivity contribution in [1.29, 1.82) is 0 Å². The first kappa shape index (κ1) is 17.7. The molecule has 1 aliphatic carbocycles. The first-order valence-electron chi connectivity index (χ1n) is 9.07. The van der Waals surface area contributed by atoms with Gasteiger partial charge in [-0.1, -0.05) is 18.5 Å². The van der Waals surface area contributed by atoms with Crippen LogP contribution in [0.1, 0.15) is 49.6 Å². The Morgan fingerprint density at radius 2 is 2.19 bits per heavy atom. The Hall–Kier alpha value is -2.67. The minimum Gasteiger partial charge on any atom is -0.469 e. The molecule has 2 aromatic heterocycles. The van der Waals surface area contributed by atoms with Gasteiger partial charge >= 0.3 is 0 Å². The molecule has 7 nitrogen and oxygen atoms in total. The summed E-state index contributed by atoms with van der Waals surface area (Å²) in [5.74, 6) is 1.31. The highest BCUT2D eigenvalue weighted by Crippen LogP contribution is 2.31. The number of furan rings is 1. The molecule has 1 aromatic carbocycles. The van der Waals surface area contributed by atoms with Crippen molar-refractivity contribution in [2.45, 2.75) is 44.7 Å². The first-order chi connectivity index (χ1) is 13.2. The Morgan fingerprint density at radius 1 is 1.37 bits per heavy atom. The Labute approximate surface area is 161 Å². The van der Waals surface area contributed by atoms with Crippen molar-refractivity contribution in [3.63, 3.8) is 0 Å². The second-order valence-electron chi connectivity index (χ2n) is 6.62. The maximum atomic E-state index is 12.9. The summed E-state index contributed by atoms with van der Waals surface area (Å²) in [6.45, 7) is 1.93. The van der Waals surface area contributed by atoms with Crippen molar-refractivity contribution in [3.05, 3.63) is 52.9 Å². The number of benzene rings is 1. The molecule has 3 aromatic rings. The molecule has 0 aliphatic heterocycles. The lowest BCUT2D eigenvalue weighted by Gasteiger charge is -2.24. The minimum absolute atomic E-state index is 0.0340. The van der Waals surface area contributed by atoms with E-state index in [9.17, 15) is 4.79 Å². The van der Waals surface area contributed by atoms with Crippen LogP contribution < -0.4 is 5.32 Å². The van der Waals surface area contributed by atoms with Crippen LogP contribution in [0.2, 0.25) is 5.02 Å². The van der Waals surface area contributed by atoms with E-state index in [2.05, 4.69) is 20.7 Å². The number of nitrogens with one attached hydrogen (secondary N) is 1. The number of carbonyl (C=O) groups is 1. The lowest BCUT2D eigenvalue weighted by molar-refractivity contribution is -0.126. The van der Waals surface area contributed by atoms with Crippen LogP contribution in [-0.4, -0.2) is 26.1 Å². The summed E-state index contributed by atoms with van der Waals surface area (Å²) >= 11 is 5.92. The molecule has 8 heteroatoms. The molecule has 0 fully saturated rings. The van der Waals surface area contributed by atoms with Gasteiger partial charge in [-0.3, -0.25) is 4.79 Å². The molecule has 1 aliphatic rings. The predicted molar refractivity (Wildman–Crippen MR) is 100 cm³/mol. The summed E-state index contributed by atoms with van der Waals surface area (Å²) in [5, 5.41) is 16.3. The Balaban J connectivity index is 1.51. The van der Waals surface area contributed by atoms with Crippen molar-refractivity contribution >= 4 is 17.5 Å². The van der Waals surface area contributed by atoms with Gasteiger partial charge in [-0.05, 0) is 54.8 Å². The van der Waals surface area contributed by atoms with Crippen molar-refractivity contribution in [2.24, 2.45) is 0 Å². The molecule has 0 saturated heterocycles. The first-order valence-corrected chi connectivity index (χ1v) is 9.45. The highest BCUT2D eigenvalue weighted by Gasteiger charge is 2.28. The molecule has 4 rings (SSSR count). The van der Waals surface area contributed by atoms with E-state index in [1.807, 2.05) is 25.1 Å². The molecular formula is C19H20ClN5O2. The highest BCUT2D eigenvalue weighted by molar-refractivity contribution is 6.30. The molecule has 2 heterocycles. The van der Waals surface area contributed by atoms with Crippen molar-refractivity contribution in [2.75, 3.05) is 0 Å². The minimum atomic E-state index is -0.518. The van der Waals surface area contributed by atoms with Crippen LogP contribution in [-0.2, 0) is 11.2 Å². The van der Waals surface area contributed by atoms with Gasteiger partial charge < -0.3 is 9.73 Å². The van der Waals surface area contributed by atoms with E-state index in [1.165, 1.54) is 4.80 Å². The maximum Gasteiger partial charge on any atom is 0.247 e. The van der Waals surface area contributed by atoms with Gasteiger partial charge in [0.05, 0.1) is 12.3 Å². The fraction of sp³-hybridized carbons (Fsp3) is 0.368. The number of rotatable bonds is 5. The fourth-order valence-electron chi connectivity index (χ4n) is 3.43. The Bertz CT molecular complexity index is 934. The number of aromatic nitrogens is 4. The van der Waals surface area contributed by atoms with Crippen LogP contribution in [0.15, 0.2) is 41.0 Å². The smallest absolute Gasteiger partial charge is 0.247 e. The summed E-state index contributed by atoms with van der Waals surface area (Å²) < 4.78 is 5.50. The average molecular weight is 386 g/mol. The molecule has 27 heavy (non-hydrogen) atoms. The van der Waals surface area contributed by atoms with Crippen molar-refractivity contribution < 1.29 is 9.21 Å². The van der Waals surface area contributed by atoms with Crippen molar-refractivity contribution in [1.82, 2.24) is 25.5 Å². The van der Waals surface area contributed by atoms with Gasteiger partial charge in [-0.15, -0.1) is 10.2 Å². The Morgan fingerprint density at radius 3 is 2.96 bits per heavy atom. The van der Waals surface area contributed by atoms with Gasteiger partial charge in [0.25, 0.3) is 0 Å².